The summed E-state index contributed by atoms with van der Waals surface area (Å²) in [7, 11) is 0. The van der Waals surface area contributed by atoms with Gasteiger partial charge in [-0.3, -0.25) is 0 Å². The number of hydrogen-bond acceptors (Lipinski definition) is 4. The van der Waals surface area contributed by atoms with E-state index < -0.39 is 11.9 Å². The number of rotatable bonds is 26. The van der Waals surface area contributed by atoms with Crippen molar-refractivity contribution >= 4 is 35.0 Å². The molecule has 0 atom stereocenters. The van der Waals surface area contributed by atoms with E-state index in [4.69, 9.17) is 0 Å². The van der Waals surface area contributed by atoms with Crippen molar-refractivity contribution in [1.82, 2.24) is 0 Å². The van der Waals surface area contributed by atoms with E-state index in [1.807, 2.05) is 0 Å². The Kier molecular flexibility index (Phi) is 42.8. The number of carboxylic acid groups (broad SMARTS) is 2. The van der Waals surface area contributed by atoms with Gasteiger partial charge in [0, 0.05) is 11.9 Å². The summed E-state index contributed by atoms with van der Waals surface area (Å²) in [5, 5.41) is 20.4. The second kappa shape index (κ2) is 40.3. The van der Waals surface area contributed by atoms with Crippen LogP contribution in [0.25, 0.3) is 0 Å². The summed E-state index contributed by atoms with van der Waals surface area (Å²) in [6.45, 7) is 4.45. The van der Waals surface area contributed by atoms with E-state index >= 15 is 0 Å². The van der Waals surface area contributed by atoms with Crippen molar-refractivity contribution in [3.05, 3.63) is 72.9 Å². The van der Waals surface area contributed by atoms with Crippen molar-refractivity contribution in [3.8, 4) is 0 Å². The minimum Gasteiger partial charge on any atom is -0.550 e. The standard InChI is InChI=1S/2C18H30O2.Mg/c2*1-2-3-4-5-6-7-8-9-10-11-12-13-14-15-16-17-18(19)20;/h2*6-7,9-10,12-13H,2-5,8,11,14-17H2,1H3,(H,19,20);/q;;+2/p-2/b2*7-6-,10-9-,13-12-;. The first-order chi connectivity index (χ1) is 19.5. The Hall–Kier alpha value is -1.85. The number of carboxylic acids is 2. The number of allylic oxidation sites excluding steroid dienone is 12. The summed E-state index contributed by atoms with van der Waals surface area (Å²) < 4.78 is 0. The molecule has 0 amide bonds. The fraction of sp³-hybridized carbons (Fsp3) is 0.611. The molecule has 0 aliphatic heterocycles. The quantitative estimate of drug-likeness (QED) is 0.0587. The Labute approximate surface area is 269 Å². The third kappa shape index (κ3) is 48.2. The molecule has 0 bridgehead atoms. The van der Waals surface area contributed by atoms with Crippen molar-refractivity contribution in [2.24, 2.45) is 0 Å². The van der Waals surface area contributed by atoms with Crippen molar-refractivity contribution in [3.63, 3.8) is 0 Å². The van der Waals surface area contributed by atoms with Crippen molar-refractivity contribution in [2.45, 2.75) is 142 Å². The molecule has 0 aliphatic carbocycles. The molecule has 0 rings (SSSR count). The molecule has 0 saturated heterocycles. The summed E-state index contributed by atoms with van der Waals surface area (Å²) in [5.74, 6) is -1.89. The summed E-state index contributed by atoms with van der Waals surface area (Å²) in [4.78, 5) is 20.4. The zero-order valence-corrected chi connectivity index (χ0v) is 27.8. The van der Waals surface area contributed by atoms with Gasteiger partial charge in [0.05, 0.1) is 0 Å². The van der Waals surface area contributed by atoms with E-state index in [0.29, 0.717) is 12.8 Å². The second-order valence-electron chi connectivity index (χ2n) is 10.00. The first kappa shape index (κ1) is 43.6. The van der Waals surface area contributed by atoms with E-state index in [-0.39, 0.29) is 35.9 Å². The van der Waals surface area contributed by atoms with Crippen molar-refractivity contribution in [1.29, 1.82) is 0 Å². The Morgan fingerprint density at radius 3 is 0.902 bits per heavy atom. The molecule has 0 radical (unpaired) electrons. The van der Waals surface area contributed by atoms with E-state index in [0.717, 1.165) is 51.4 Å². The first-order valence-corrected chi connectivity index (χ1v) is 15.8. The van der Waals surface area contributed by atoms with Crippen LogP contribution < -0.4 is 10.2 Å². The fourth-order valence-electron chi connectivity index (χ4n) is 3.64. The van der Waals surface area contributed by atoms with Gasteiger partial charge in [-0.25, -0.2) is 0 Å². The minimum absolute atomic E-state index is 0. The van der Waals surface area contributed by atoms with E-state index in [1.165, 1.54) is 51.4 Å². The smallest absolute Gasteiger partial charge is 0.550 e. The molecule has 4 nitrogen and oxygen atoms in total. The first-order valence-electron chi connectivity index (χ1n) is 15.8. The molecular weight excluding hydrogens is 521 g/mol. The summed E-state index contributed by atoms with van der Waals surface area (Å²) in [6.07, 6.45) is 46.0. The van der Waals surface area contributed by atoms with Gasteiger partial charge in [0.15, 0.2) is 0 Å². The van der Waals surface area contributed by atoms with Gasteiger partial charge < -0.3 is 19.8 Å². The van der Waals surface area contributed by atoms with Crippen LogP contribution in [0.15, 0.2) is 72.9 Å². The van der Waals surface area contributed by atoms with Gasteiger partial charge >= 0.3 is 23.1 Å². The predicted molar refractivity (Wildman–Crippen MR) is 174 cm³/mol. The molecule has 41 heavy (non-hydrogen) atoms. The van der Waals surface area contributed by atoms with Crippen LogP contribution in [0.2, 0.25) is 0 Å². The average molecular weight is 579 g/mol. The zero-order chi connectivity index (χ0) is 29.8. The molecule has 0 aromatic carbocycles. The molecule has 0 aromatic heterocycles. The molecule has 0 spiro atoms. The van der Waals surface area contributed by atoms with Crippen LogP contribution in [0.1, 0.15) is 142 Å². The van der Waals surface area contributed by atoms with E-state index in [1.54, 1.807) is 0 Å². The van der Waals surface area contributed by atoms with Gasteiger partial charge in [0.1, 0.15) is 0 Å². The number of aliphatic carboxylic acids is 2. The molecule has 5 heteroatoms. The van der Waals surface area contributed by atoms with E-state index in [2.05, 4.69) is 86.8 Å². The normalized spacial score (nSPS) is 11.8. The molecule has 228 valence electrons. The maximum atomic E-state index is 10.2. The summed E-state index contributed by atoms with van der Waals surface area (Å²) >= 11 is 0. The Morgan fingerprint density at radius 2 is 0.659 bits per heavy atom. The molecule has 0 fully saturated rings. The van der Waals surface area contributed by atoms with Crippen LogP contribution in [-0.2, 0) is 9.59 Å². The number of unbranched alkanes of at least 4 members (excludes halogenated alkanes) is 10. The molecule has 0 saturated carbocycles. The molecule has 0 N–H and O–H groups in total. The Bertz CT molecular complexity index is 670. The molecule has 0 unspecified atom stereocenters. The second-order valence-corrected chi connectivity index (χ2v) is 10.00. The predicted octanol–water partition coefficient (Wildman–Crippen LogP) is 8.27. The topological polar surface area (TPSA) is 80.3 Å². The SMILES string of the molecule is CCCCC/C=C\C/C=C\C/C=C\CCCCC(=O)[O-].CCCCC/C=C\C/C=C\C/C=C\CCCCC(=O)[O-].[Mg+2]. The largest absolute Gasteiger partial charge is 2.00 e. The van der Waals surface area contributed by atoms with Gasteiger partial charge in [0.25, 0.3) is 0 Å². The van der Waals surface area contributed by atoms with Crippen molar-refractivity contribution < 1.29 is 19.8 Å². The third-order valence-corrected chi connectivity index (χ3v) is 6.04. The molecular formula is C36H58MgO4. The van der Waals surface area contributed by atoms with Gasteiger partial charge in [0.2, 0.25) is 0 Å². The molecule has 0 aliphatic rings. The fourth-order valence-corrected chi connectivity index (χ4v) is 3.64. The average Bonchev–Trinajstić information content (AvgIpc) is 2.93. The maximum absolute atomic E-state index is 10.2. The van der Waals surface area contributed by atoms with Crippen molar-refractivity contribution in [2.75, 3.05) is 0 Å². The van der Waals surface area contributed by atoms with Gasteiger partial charge in [-0.2, -0.15) is 0 Å². The Balaban J connectivity index is -0.000000688. The molecule has 0 aromatic rings. The van der Waals surface area contributed by atoms with Crippen LogP contribution >= 0.6 is 0 Å². The van der Waals surface area contributed by atoms with Gasteiger partial charge in [-0.05, 0) is 103 Å². The number of carbonyl (C=O) groups excluding carboxylic acids is 2. The van der Waals surface area contributed by atoms with Crippen LogP contribution in [0, 0.1) is 0 Å². The molecule has 0 heterocycles. The minimum atomic E-state index is -0.945. The van der Waals surface area contributed by atoms with Crippen LogP contribution in [-0.4, -0.2) is 35.0 Å². The summed E-state index contributed by atoms with van der Waals surface area (Å²) in [5.41, 5.74) is 0. The maximum Gasteiger partial charge on any atom is 2.00 e. The zero-order valence-electron chi connectivity index (χ0n) is 26.4. The van der Waals surface area contributed by atoms with Gasteiger partial charge in [-0.1, -0.05) is 112 Å². The number of hydrogen-bond donors (Lipinski definition) is 0. The van der Waals surface area contributed by atoms with Crippen LogP contribution in [0.5, 0.6) is 0 Å². The van der Waals surface area contributed by atoms with E-state index in [9.17, 15) is 19.8 Å². The Morgan fingerprint density at radius 1 is 0.415 bits per heavy atom. The van der Waals surface area contributed by atoms with Gasteiger partial charge in [-0.15, -0.1) is 0 Å². The van der Waals surface area contributed by atoms with Crippen LogP contribution in [0.3, 0.4) is 0 Å². The third-order valence-electron chi connectivity index (χ3n) is 6.04. The monoisotopic (exact) mass is 578 g/mol. The number of carbonyl (C=O) groups is 2. The summed E-state index contributed by atoms with van der Waals surface area (Å²) in [6, 6.07) is 0. The van der Waals surface area contributed by atoms with Crippen LogP contribution in [0.4, 0.5) is 0 Å².